The molecule has 0 radical (unpaired) electrons. The molecule has 0 spiro atoms. The van der Waals surface area contributed by atoms with Crippen LogP contribution in [0.1, 0.15) is 44.0 Å². The zero-order valence-corrected chi connectivity index (χ0v) is 15.7. The first-order chi connectivity index (χ1) is 12.3. The zero-order chi connectivity index (χ0) is 18.8. The SMILES string of the molecule is CC1CN(c2ccc(C(=O)N3CC(C(N)=O)CCC3C)cn2)CC(C)O1. The summed E-state index contributed by atoms with van der Waals surface area (Å²) >= 11 is 0. The molecule has 0 aliphatic carbocycles. The lowest BCUT2D eigenvalue weighted by Gasteiger charge is -2.37. The topological polar surface area (TPSA) is 88.8 Å². The highest BCUT2D eigenvalue weighted by Crippen LogP contribution is 2.24. The first kappa shape index (κ1) is 18.6. The van der Waals surface area contributed by atoms with Crippen LogP contribution in [0, 0.1) is 5.92 Å². The van der Waals surface area contributed by atoms with E-state index in [1.165, 1.54) is 0 Å². The van der Waals surface area contributed by atoms with Crippen molar-refractivity contribution in [3.05, 3.63) is 23.9 Å². The van der Waals surface area contributed by atoms with Crippen molar-refractivity contribution in [2.75, 3.05) is 24.5 Å². The Morgan fingerprint density at radius 1 is 1.12 bits per heavy atom. The van der Waals surface area contributed by atoms with Crippen molar-refractivity contribution in [3.8, 4) is 0 Å². The molecule has 2 fully saturated rings. The van der Waals surface area contributed by atoms with Crippen molar-refractivity contribution in [2.45, 2.75) is 51.9 Å². The van der Waals surface area contributed by atoms with Gasteiger partial charge in [-0.15, -0.1) is 0 Å². The van der Waals surface area contributed by atoms with E-state index in [0.29, 0.717) is 12.1 Å². The van der Waals surface area contributed by atoms with Crippen LogP contribution in [0.15, 0.2) is 18.3 Å². The number of amides is 2. The van der Waals surface area contributed by atoms with E-state index < -0.39 is 0 Å². The second-order valence-corrected chi connectivity index (χ2v) is 7.55. The number of primary amides is 1. The van der Waals surface area contributed by atoms with Crippen LogP contribution in [0.4, 0.5) is 5.82 Å². The third-order valence-corrected chi connectivity index (χ3v) is 5.28. The van der Waals surface area contributed by atoms with Crippen molar-refractivity contribution in [2.24, 2.45) is 11.7 Å². The molecular formula is C19H28N4O3. The number of carbonyl (C=O) groups is 2. The summed E-state index contributed by atoms with van der Waals surface area (Å²) in [5.41, 5.74) is 5.98. The molecule has 3 rings (SSSR count). The van der Waals surface area contributed by atoms with Gasteiger partial charge in [-0.1, -0.05) is 0 Å². The first-order valence-electron chi connectivity index (χ1n) is 9.32. The highest BCUT2D eigenvalue weighted by Gasteiger charge is 2.32. The number of anilines is 1. The lowest BCUT2D eigenvalue weighted by atomic mass is 9.92. The summed E-state index contributed by atoms with van der Waals surface area (Å²) in [5.74, 6) is 0.161. The van der Waals surface area contributed by atoms with Gasteiger partial charge >= 0.3 is 0 Å². The zero-order valence-electron chi connectivity index (χ0n) is 15.7. The highest BCUT2D eigenvalue weighted by atomic mass is 16.5. The summed E-state index contributed by atoms with van der Waals surface area (Å²) in [6.45, 7) is 8.06. The Bertz CT molecular complexity index is 653. The minimum absolute atomic E-state index is 0.0915. The fourth-order valence-electron chi connectivity index (χ4n) is 3.85. The Morgan fingerprint density at radius 2 is 1.81 bits per heavy atom. The van der Waals surface area contributed by atoms with Crippen molar-refractivity contribution < 1.29 is 14.3 Å². The number of aromatic nitrogens is 1. The second kappa shape index (κ2) is 7.61. The van der Waals surface area contributed by atoms with Gasteiger partial charge in [0, 0.05) is 31.9 Å². The normalized spacial score (nSPS) is 29.5. The fourth-order valence-corrected chi connectivity index (χ4v) is 3.85. The smallest absolute Gasteiger partial charge is 0.255 e. The minimum atomic E-state index is -0.335. The van der Waals surface area contributed by atoms with E-state index in [4.69, 9.17) is 10.5 Å². The molecule has 0 aromatic carbocycles. The van der Waals surface area contributed by atoms with Gasteiger partial charge in [0.25, 0.3) is 5.91 Å². The number of piperidine rings is 1. The summed E-state index contributed by atoms with van der Waals surface area (Å²) < 4.78 is 5.75. The largest absolute Gasteiger partial charge is 0.372 e. The maximum absolute atomic E-state index is 12.9. The van der Waals surface area contributed by atoms with E-state index >= 15 is 0 Å². The number of likely N-dealkylation sites (tertiary alicyclic amines) is 1. The maximum Gasteiger partial charge on any atom is 0.255 e. The van der Waals surface area contributed by atoms with Gasteiger partial charge in [-0.2, -0.15) is 0 Å². The molecule has 7 nitrogen and oxygen atoms in total. The van der Waals surface area contributed by atoms with Gasteiger partial charge in [0.15, 0.2) is 0 Å². The molecule has 1 aromatic heterocycles. The van der Waals surface area contributed by atoms with Crippen LogP contribution in [0.5, 0.6) is 0 Å². The monoisotopic (exact) mass is 360 g/mol. The van der Waals surface area contributed by atoms with Crippen LogP contribution in [-0.2, 0) is 9.53 Å². The molecule has 3 heterocycles. The highest BCUT2D eigenvalue weighted by molar-refractivity contribution is 5.94. The van der Waals surface area contributed by atoms with Crippen LogP contribution >= 0.6 is 0 Å². The lowest BCUT2D eigenvalue weighted by Crippen LogP contribution is -2.48. The van der Waals surface area contributed by atoms with Gasteiger partial charge in [-0.05, 0) is 45.7 Å². The Morgan fingerprint density at radius 3 is 2.38 bits per heavy atom. The quantitative estimate of drug-likeness (QED) is 0.881. The average molecular weight is 360 g/mol. The summed E-state index contributed by atoms with van der Waals surface area (Å²) in [6, 6.07) is 3.80. The number of rotatable bonds is 3. The van der Waals surface area contributed by atoms with E-state index in [-0.39, 0.29) is 36.0 Å². The standard InChI is InChI=1S/C19H28N4O3/c1-12-4-5-16(18(20)24)11-23(12)19(25)15-6-7-17(21-8-15)22-9-13(2)26-14(3)10-22/h6-8,12-14,16H,4-5,9-11H2,1-3H3,(H2,20,24). The van der Waals surface area contributed by atoms with Crippen molar-refractivity contribution in [1.29, 1.82) is 0 Å². The Kier molecular flexibility index (Phi) is 5.46. The van der Waals surface area contributed by atoms with Crippen LogP contribution < -0.4 is 10.6 Å². The van der Waals surface area contributed by atoms with Crippen molar-refractivity contribution >= 4 is 17.6 Å². The van der Waals surface area contributed by atoms with E-state index in [9.17, 15) is 9.59 Å². The average Bonchev–Trinajstić information content (AvgIpc) is 2.60. The van der Waals surface area contributed by atoms with E-state index in [2.05, 4.69) is 9.88 Å². The molecular weight excluding hydrogens is 332 g/mol. The molecule has 1 aromatic rings. The van der Waals surface area contributed by atoms with Gasteiger partial charge in [0.1, 0.15) is 5.82 Å². The number of morpholine rings is 1. The van der Waals surface area contributed by atoms with E-state index in [0.717, 1.165) is 31.7 Å². The summed E-state index contributed by atoms with van der Waals surface area (Å²) in [6.07, 6.45) is 3.46. The predicted octanol–water partition coefficient (Wildman–Crippen LogP) is 1.42. The Hall–Kier alpha value is -2.15. The number of hydrogen-bond acceptors (Lipinski definition) is 5. The van der Waals surface area contributed by atoms with Crippen molar-refractivity contribution in [1.82, 2.24) is 9.88 Å². The molecule has 4 atom stereocenters. The summed E-state index contributed by atoms with van der Waals surface area (Å²) in [4.78, 5) is 32.8. The molecule has 2 aliphatic rings. The molecule has 142 valence electrons. The molecule has 26 heavy (non-hydrogen) atoms. The predicted molar refractivity (Wildman–Crippen MR) is 98.9 cm³/mol. The number of hydrogen-bond donors (Lipinski definition) is 1. The fraction of sp³-hybridized carbons (Fsp3) is 0.632. The van der Waals surface area contributed by atoms with Gasteiger partial charge in [-0.25, -0.2) is 4.98 Å². The summed E-state index contributed by atoms with van der Waals surface area (Å²) in [5, 5.41) is 0. The number of carbonyl (C=O) groups excluding carboxylic acids is 2. The molecule has 2 aliphatic heterocycles. The van der Waals surface area contributed by atoms with Gasteiger partial charge < -0.3 is 20.3 Å². The second-order valence-electron chi connectivity index (χ2n) is 7.55. The molecule has 4 unspecified atom stereocenters. The van der Waals surface area contributed by atoms with Gasteiger partial charge in [-0.3, -0.25) is 9.59 Å². The van der Waals surface area contributed by atoms with Crippen molar-refractivity contribution in [3.63, 3.8) is 0 Å². The molecule has 0 saturated carbocycles. The number of nitrogens with zero attached hydrogens (tertiary/aromatic N) is 3. The lowest BCUT2D eigenvalue weighted by molar-refractivity contribution is -0.123. The minimum Gasteiger partial charge on any atom is -0.372 e. The van der Waals surface area contributed by atoms with Crippen LogP contribution in [-0.4, -0.2) is 59.6 Å². The van der Waals surface area contributed by atoms with Crippen LogP contribution in [0.25, 0.3) is 0 Å². The number of pyridine rings is 1. The van der Waals surface area contributed by atoms with Crippen LogP contribution in [0.3, 0.4) is 0 Å². The molecule has 2 N–H and O–H groups in total. The molecule has 0 bridgehead atoms. The first-order valence-corrected chi connectivity index (χ1v) is 9.32. The van der Waals surface area contributed by atoms with E-state index in [1.54, 1.807) is 11.1 Å². The van der Waals surface area contributed by atoms with Gasteiger partial charge in [0.05, 0.1) is 23.7 Å². The Balaban J connectivity index is 1.71. The number of ether oxygens (including phenoxy) is 1. The van der Waals surface area contributed by atoms with Crippen LogP contribution in [0.2, 0.25) is 0 Å². The molecule has 2 amide bonds. The molecule has 7 heteroatoms. The van der Waals surface area contributed by atoms with E-state index in [1.807, 2.05) is 32.9 Å². The third-order valence-electron chi connectivity index (χ3n) is 5.28. The van der Waals surface area contributed by atoms with Gasteiger partial charge in [0.2, 0.25) is 5.91 Å². The maximum atomic E-state index is 12.9. The molecule has 2 saturated heterocycles. The number of nitrogens with two attached hydrogens (primary N) is 1. The summed E-state index contributed by atoms with van der Waals surface area (Å²) in [7, 11) is 0. The Labute approximate surface area is 154 Å². The third kappa shape index (κ3) is 3.98.